The normalized spacial score (nSPS) is 38.4. The van der Waals surface area contributed by atoms with Crippen molar-refractivity contribution in [1.29, 1.82) is 0 Å². The molecule has 32 heavy (non-hydrogen) atoms. The van der Waals surface area contributed by atoms with Gasteiger partial charge in [0, 0.05) is 39.3 Å². The van der Waals surface area contributed by atoms with Gasteiger partial charge in [-0.05, 0) is 55.6 Å². The van der Waals surface area contributed by atoms with Crippen molar-refractivity contribution in [2.45, 2.75) is 69.8 Å². The summed E-state index contributed by atoms with van der Waals surface area (Å²) < 4.78 is 5.80. The number of carbonyl (C=O) groups excluding carboxylic acids is 1. The number of rotatable bonds is 4. The van der Waals surface area contributed by atoms with Gasteiger partial charge in [0.1, 0.15) is 5.60 Å². The molecule has 4 atom stereocenters. The van der Waals surface area contributed by atoms with E-state index in [0.29, 0.717) is 6.42 Å². The average molecular weight is 441 g/mol. The number of fused-ring (bicyclic) bond motifs is 3. The molecule has 174 valence electrons. The van der Waals surface area contributed by atoms with Gasteiger partial charge in [0.15, 0.2) is 6.10 Å². The first-order valence-corrected chi connectivity index (χ1v) is 12.1. The zero-order chi connectivity index (χ0) is 22.6. The highest BCUT2D eigenvalue weighted by atomic mass is 16.6. The molecule has 0 spiro atoms. The van der Waals surface area contributed by atoms with Gasteiger partial charge in [0.05, 0.1) is 0 Å². The lowest BCUT2D eigenvalue weighted by molar-refractivity contribution is -0.174. The third-order valence-electron chi connectivity index (χ3n) is 8.59. The minimum Gasteiger partial charge on any atom is -0.452 e. The van der Waals surface area contributed by atoms with E-state index in [9.17, 15) is 15.0 Å². The maximum Gasteiger partial charge on any atom is 0.343 e. The molecule has 1 aromatic carbocycles. The van der Waals surface area contributed by atoms with Crippen molar-refractivity contribution in [1.82, 2.24) is 9.80 Å². The van der Waals surface area contributed by atoms with Gasteiger partial charge >= 0.3 is 5.97 Å². The van der Waals surface area contributed by atoms with Crippen molar-refractivity contribution in [2.75, 3.05) is 32.7 Å². The van der Waals surface area contributed by atoms with E-state index in [4.69, 9.17) is 4.74 Å². The highest BCUT2D eigenvalue weighted by molar-refractivity contribution is 5.85. The van der Waals surface area contributed by atoms with Gasteiger partial charge in [-0.25, -0.2) is 4.79 Å². The molecule has 3 fully saturated rings. The fourth-order valence-electron chi connectivity index (χ4n) is 6.60. The summed E-state index contributed by atoms with van der Waals surface area (Å²) in [5, 5.41) is 23.4. The predicted octanol–water partition coefficient (Wildman–Crippen LogP) is 2.49. The Kier molecular flexibility index (Phi) is 5.48. The topological polar surface area (TPSA) is 73.2 Å². The Morgan fingerprint density at radius 1 is 1.03 bits per heavy atom. The Morgan fingerprint density at radius 3 is 2.44 bits per heavy atom. The summed E-state index contributed by atoms with van der Waals surface area (Å²) in [5.41, 5.74) is 0.0816. The zero-order valence-corrected chi connectivity index (χ0v) is 19.3. The summed E-state index contributed by atoms with van der Waals surface area (Å²) in [5.74, 6) is -0.660. The van der Waals surface area contributed by atoms with Crippen LogP contribution in [-0.4, -0.2) is 76.0 Å². The van der Waals surface area contributed by atoms with Crippen molar-refractivity contribution >= 4 is 5.97 Å². The second-order valence-corrected chi connectivity index (χ2v) is 10.7. The number of hydrogen-bond donors (Lipinski definition) is 2. The van der Waals surface area contributed by atoms with Crippen molar-refractivity contribution in [3.63, 3.8) is 0 Å². The third-order valence-corrected chi connectivity index (χ3v) is 8.59. The fourth-order valence-corrected chi connectivity index (χ4v) is 6.60. The van der Waals surface area contributed by atoms with Gasteiger partial charge in [-0.3, -0.25) is 9.80 Å². The fraction of sp³-hybridized carbons (Fsp3) is 0.654. The molecule has 5 rings (SSSR count). The van der Waals surface area contributed by atoms with Crippen molar-refractivity contribution in [2.24, 2.45) is 5.41 Å². The lowest BCUT2D eigenvalue weighted by atomic mass is 9.57. The van der Waals surface area contributed by atoms with Gasteiger partial charge in [-0.2, -0.15) is 0 Å². The molecule has 2 heterocycles. The first-order chi connectivity index (χ1) is 15.3. The molecule has 2 saturated heterocycles. The maximum absolute atomic E-state index is 13.0. The number of benzene rings is 1. The van der Waals surface area contributed by atoms with E-state index in [-0.39, 0.29) is 12.0 Å². The van der Waals surface area contributed by atoms with Gasteiger partial charge in [0.25, 0.3) is 0 Å². The lowest BCUT2D eigenvalue weighted by Crippen LogP contribution is -2.66. The molecule has 2 N–H and O–H groups in total. The SMILES string of the molecule is CC1=C2[C@@H]3OC(=O)C(O)(CN4CCN(Cc5ccccc5)CC4)C3(O)CC[C@@]2(C)CCC1. The molecule has 2 aliphatic carbocycles. The molecule has 6 heteroatoms. The lowest BCUT2D eigenvalue weighted by Gasteiger charge is -2.51. The van der Waals surface area contributed by atoms with Crippen molar-refractivity contribution in [3.8, 4) is 0 Å². The van der Waals surface area contributed by atoms with E-state index >= 15 is 0 Å². The third kappa shape index (κ3) is 3.43. The van der Waals surface area contributed by atoms with E-state index in [1.165, 1.54) is 11.1 Å². The van der Waals surface area contributed by atoms with E-state index in [1.54, 1.807) is 0 Å². The number of ether oxygens (including phenoxy) is 1. The number of hydrogen-bond acceptors (Lipinski definition) is 6. The maximum atomic E-state index is 13.0. The highest BCUT2D eigenvalue weighted by Gasteiger charge is 2.71. The first-order valence-electron chi connectivity index (χ1n) is 12.1. The second kappa shape index (κ2) is 7.94. The van der Waals surface area contributed by atoms with Gasteiger partial charge in [0.2, 0.25) is 5.60 Å². The van der Waals surface area contributed by atoms with Crippen LogP contribution in [0.5, 0.6) is 0 Å². The zero-order valence-electron chi connectivity index (χ0n) is 19.3. The monoisotopic (exact) mass is 440 g/mol. The smallest absolute Gasteiger partial charge is 0.343 e. The Morgan fingerprint density at radius 2 is 1.72 bits per heavy atom. The molecular weight excluding hydrogens is 404 g/mol. The molecule has 2 aliphatic heterocycles. The molecule has 4 aliphatic rings. The van der Waals surface area contributed by atoms with Gasteiger partial charge in [-0.15, -0.1) is 0 Å². The van der Waals surface area contributed by atoms with E-state index in [1.807, 2.05) is 6.07 Å². The predicted molar refractivity (Wildman–Crippen MR) is 122 cm³/mol. The molecule has 0 amide bonds. The van der Waals surface area contributed by atoms with Crippen LogP contribution in [0.1, 0.15) is 51.5 Å². The highest BCUT2D eigenvalue weighted by Crippen LogP contribution is 2.58. The number of allylic oxidation sites excluding steroid dienone is 1. The van der Waals surface area contributed by atoms with Gasteiger partial charge in [-0.1, -0.05) is 42.8 Å². The summed E-state index contributed by atoms with van der Waals surface area (Å²) in [6.45, 7) is 8.58. The number of carbonyl (C=O) groups is 1. The number of aliphatic hydroxyl groups is 2. The molecule has 0 radical (unpaired) electrons. The van der Waals surface area contributed by atoms with Crippen LogP contribution < -0.4 is 0 Å². The minimum atomic E-state index is -1.88. The molecular formula is C26H36N2O4. The summed E-state index contributed by atoms with van der Waals surface area (Å²) in [7, 11) is 0. The second-order valence-electron chi connectivity index (χ2n) is 10.7. The van der Waals surface area contributed by atoms with Crippen LogP contribution in [0.3, 0.4) is 0 Å². The van der Waals surface area contributed by atoms with Crippen LogP contribution in [0.2, 0.25) is 0 Å². The van der Waals surface area contributed by atoms with E-state index in [2.05, 4.69) is 47.9 Å². The van der Waals surface area contributed by atoms with Crippen LogP contribution in [0.15, 0.2) is 41.5 Å². The van der Waals surface area contributed by atoms with Crippen molar-refractivity contribution in [3.05, 3.63) is 47.0 Å². The Hall–Kier alpha value is -1.73. The quantitative estimate of drug-likeness (QED) is 0.554. The summed E-state index contributed by atoms with van der Waals surface area (Å²) in [6.07, 6.45) is 3.58. The summed E-state index contributed by atoms with van der Waals surface area (Å²) in [6, 6.07) is 10.4. The van der Waals surface area contributed by atoms with Crippen molar-refractivity contribution < 1.29 is 19.7 Å². The Labute approximate surface area is 190 Å². The minimum absolute atomic E-state index is 0.0478. The first kappa shape index (κ1) is 22.1. The standard InChI is InChI=1S/C26H36N2O4/c1-19-7-6-10-24(2)11-12-25(30)22(21(19)24)32-23(29)26(25,31)18-28-15-13-27(14-16-28)17-20-8-4-3-5-9-20/h3-5,8-9,22,30-31H,6-7,10-18H2,1-2H3/t22-,24+,25?,26?/m0/s1. The van der Waals surface area contributed by atoms with Crippen LogP contribution in [0.25, 0.3) is 0 Å². The number of esters is 1. The van der Waals surface area contributed by atoms with Gasteiger partial charge < -0.3 is 14.9 Å². The van der Waals surface area contributed by atoms with Crippen LogP contribution >= 0.6 is 0 Å². The Balaban J connectivity index is 1.30. The summed E-state index contributed by atoms with van der Waals surface area (Å²) in [4.78, 5) is 17.5. The molecule has 2 unspecified atom stereocenters. The van der Waals surface area contributed by atoms with Crippen LogP contribution in [0, 0.1) is 5.41 Å². The Bertz CT molecular complexity index is 910. The average Bonchev–Trinajstić information content (AvgIpc) is 2.96. The molecule has 1 saturated carbocycles. The molecule has 0 aromatic heterocycles. The summed E-state index contributed by atoms with van der Waals surface area (Å²) >= 11 is 0. The number of β-amino-alcohol motifs (C(OH)–C–C–N with tert-alkyl or cyclic N) is 1. The molecule has 1 aromatic rings. The van der Waals surface area contributed by atoms with E-state index in [0.717, 1.165) is 64.0 Å². The van der Waals surface area contributed by atoms with Crippen LogP contribution in [0.4, 0.5) is 0 Å². The molecule has 6 nitrogen and oxygen atoms in total. The molecule has 0 bridgehead atoms. The largest absolute Gasteiger partial charge is 0.452 e. The van der Waals surface area contributed by atoms with E-state index < -0.39 is 23.3 Å². The van der Waals surface area contributed by atoms with Crippen LogP contribution in [-0.2, 0) is 16.1 Å². The number of nitrogens with zero attached hydrogens (tertiary/aromatic N) is 2. The number of piperazine rings is 1.